The van der Waals surface area contributed by atoms with Gasteiger partial charge in [0, 0.05) is 25.2 Å². The third kappa shape index (κ3) is 3.84. The number of para-hydroxylation sites is 1. The molecular weight excluding hydrogens is 383 g/mol. The molecular formula is C21H22ClFN2O3. The summed E-state index contributed by atoms with van der Waals surface area (Å²) in [6.07, 6.45) is 1.86. The number of amides is 1. The van der Waals surface area contributed by atoms with E-state index in [1.807, 2.05) is 30.3 Å². The number of halogens is 2. The monoisotopic (exact) mass is 404 g/mol. The van der Waals surface area contributed by atoms with Crippen LogP contribution in [-0.2, 0) is 4.79 Å². The molecule has 0 radical (unpaired) electrons. The van der Waals surface area contributed by atoms with Crippen LogP contribution in [0.25, 0.3) is 6.08 Å². The molecule has 7 heteroatoms. The quantitative estimate of drug-likeness (QED) is 0.853. The van der Waals surface area contributed by atoms with Gasteiger partial charge in [-0.2, -0.15) is 0 Å². The number of nitrogens with zero attached hydrogens (tertiary/aromatic N) is 1. The van der Waals surface area contributed by atoms with Crippen LogP contribution >= 0.6 is 12.4 Å². The highest BCUT2D eigenvalue weighted by Crippen LogP contribution is 2.36. The molecule has 4 rings (SSSR count). The fraction of sp³-hybridized carbons (Fsp3) is 0.286. The van der Waals surface area contributed by atoms with Gasteiger partial charge < -0.3 is 19.7 Å². The average molecular weight is 405 g/mol. The Morgan fingerprint density at radius 2 is 2.11 bits per heavy atom. The van der Waals surface area contributed by atoms with Crippen molar-refractivity contribution in [1.82, 2.24) is 10.2 Å². The smallest absolute Gasteiger partial charge is 0.253 e. The Labute approximate surface area is 169 Å². The summed E-state index contributed by atoms with van der Waals surface area (Å²) in [5.41, 5.74) is 2.19. The molecule has 148 valence electrons. The Morgan fingerprint density at radius 3 is 2.89 bits per heavy atom. The van der Waals surface area contributed by atoms with Gasteiger partial charge in [-0.15, -0.1) is 12.4 Å². The van der Waals surface area contributed by atoms with Crippen LogP contribution in [-0.4, -0.2) is 44.2 Å². The minimum absolute atomic E-state index is 0. The summed E-state index contributed by atoms with van der Waals surface area (Å²) in [7, 11) is 1.59. The Kier molecular flexibility index (Phi) is 6.21. The van der Waals surface area contributed by atoms with Gasteiger partial charge in [-0.3, -0.25) is 4.79 Å². The molecule has 1 amide bonds. The van der Waals surface area contributed by atoms with Crippen molar-refractivity contribution in [2.45, 2.75) is 6.04 Å². The number of methoxy groups -OCH3 is 1. The second-order valence-corrected chi connectivity index (χ2v) is 6.61. The van der Waals surface area contributed by atoms with Gasteiger partial charge in [0.25, 0.3) is 5.91 Å². The molecule has 1 unspecified atom stereocenters. The maximum atomic E-state index is 13.7. The lowest BCUT2D eigenvalue weighted by Gasteiger charge is -2.37. The number of rotatable bonds is 3. The molecule has 1 saturated heterocycles. The van der Waals surface area contributed by atoms with Gasteiger partial charge in [-0.05, 0) is 29.8 Å². The first kappa shape index (κ1) is 20.2. The van der Waals surface area contributed by atoms with Crippen LogP contribution in [0.2, 0.25) is 0 Å². The number of piperazine rings is 1. The van der Waals surface area contributed by atoms with E-state index in [9.17, 15) is 9.18 Å². The van der Waals surface area contributed by atoms with Gasteiger partial charge in [-0.1, -0.05) is 24.3 Å². The Morgan fingerprint density at radius 1 is 1.29 bits per heavy atom. The molecule has 28 heavy (non-hydrogen) atoms. The molecule has 2 aromatic rings. The van der Waals surface area contributed by atoms with Crippen LogP contribution in [0, 0.1) is 5.82 Å². The van der Waals surface area contributed by atoms with Crippen molar-refractivity contribution >= 4 is 24.4 Å². The van der Waals surface area contributed by atoms with Crippen molar-refractivity contribution in [2.24, 2.45) is 0 Å². The largest absolute Gasteiger partial charge is 0.493 e. The molecule has 1 N–H and O–H groups in total. The van der Waals surface area contributed by atoms with Crippen molar-refractivity contribution in [3.63, 3.8) is 0 Å². The molecule has 2 aliphatic rings. The van der Waals surface area contributed by atoms with E-state index in [0.29, 0.717) is 36.7 Å². The lowest BCUT2D eigenvalue weighted by atomic mass is 10.0. The van der Waals surface area contributed by atoms with E-state index < -0.39 is 0 Å². The van der Waals surface area contributed by atoms with Crippen molar-refractivity contribution in [2.75, 3.05) is 33.4 Å². The van der Waals surface area contributed by atoms with E-state index in [0.717, 1.165) is 11.1 Å². The number of fused-ring (bicyclic) bond motifs is 1. The van der Waals surface area contributed by atoms with Crippen LogP contribution in [0.15, 0.2) is 48.0 Å². The molecule has 1 atom stereocenters. The molecule has 2 heterocycles. The Bertz CT molecular complexity index is 903. The van der Waals surface area contributed by atoms with Crippen LogP contribution in [0.4, 0.5) is 4.39 Å². The van der Waals surface area contributed by atoms with Gasteiger partial charge in [0.2, 0.25) is 0 Å². The van der Waals surface area contributed by atoms with Crippen molar-refractivity contribution in [3.8, 4) is 11.5 Å². The predicted molar refractivity (Wildman–Crippen MR) is 107 cm³/mol. The SMILES string of the molecule is COc1cccc2c1OCC(C(=O)N1CCNCC1c1cccc(F)c1)=C2.Cl. The van der Waals surface area contributed by atoms with Gasteiger partial charge >= 0.3 is 0 Å². The molecule has 0 bridgehead atoms. The zero-order valence-corrected chi connectivity index (χ0v) is 16.3. The van der Waals surface area contributed by atoms with E-state index in [2.05, 4.69) is 5.32 Å². The number of carbonyl (C=O) groups is 1. The van der Waals surface area contributed by atoms with Gasteiger partial charge in [-0.25, -0.2) is 4.39 Å². The van der Waals surface area contributed by atoms with E-state index in [-0.39, 0.29) is 36.8 Å². The summed E-state index contributed by atoms with van der Waals surface area (Å²) in [4.78, 5) is 15.0. The van der Waals surface area contributed by atoms with E-state index in [1.54, 1.807) is 18.1 Å². The number of ether oxygens (including phenoxy) is 2. The first-order chi connectivity index (χ1) is 13.2. The summed E-state index contributed by atoms with van der Waals surface area (Å²) in [6, 6.07) is 11.8. The number of hydrogen-bond donors (Lipinski definition) is 1. The minimum Gasteiger partial charge on any atom is -0.493 e. The summed E-state index contributed by atoms with van der Waals surface area (Å²) in [6.45, 7) is 2.04. The summed E-state index contributed by atoms with van der Waals surface area (Å²) in [5.74, 6) is 0.916. The first-order valence-electron chi connectivity index (χ1n) is 8.95. The topological polar surface area (TPSA) is 50.8 Å². The molecule has 0 saturated carbocycles. The molecule has 5 nitrogen and oxygen atoms in total. The molecule has 2 aliphatic heterocycles. The number of hydrogen-bond acceptors (Lipinski definition) is 4. The number of benzene rings is 2. The first-order valence-corrected chi connectivity index (χ1v) is 8.95. The lowest BCUT2D eigenvalue weighted by Crippen LogP contribution is -2.49. The van der Waals surface area contributed by atoms with Crippen LogP contribution in [0.1, 0.15) is 17.2 Å². The van der Waals surface area contributed by atoms with Crippen LogP contribution in [0.3, 0.4) is 0 Å². The van der Waals surface area contributed by atoms with Crippen LogP contribution in [0.5, 0.6) is 11.5 Å². The summed E-state index contributed by atoms with van der Waals surface area (Å²) >= 11 is 0. The third-order valence-electron chi connectivity index (χ3n) is 4.94. The second kappa shape index (κ2) is 8.63. The standard InChI is InChI=1S/C21H21FN2O3.ClH/c1-26-19-7-3-5-15-10-16(13-27-20(15)19)21(25)24-9-8-23-12-18(24)14-4-2-6-17(22)11-14;/h2-7,10-11,18,23H,8-9,12-13H2,1H3;1H. The van der Waals surface area contributed by atoms with Crippen molar-refractivity contribution in [3.05, 3.63) is 65.0 Å². The zero-order chi connectivity index (χ0) is 18.8. The highest BCUT2D eigenvalue weighted by atomic mass is 35.5. The van der Waals surface area contributed by atoms with Crippen LogP contribution < -0.4 is 14.8 Å². The summed E-state index contributed by atoms with van der Waals surface area (Å²) in [5, 5.41) is 3.29. The van der Waals surface area contributed by atoms with E-state index in [4.69, 9.17) is 9.47 Å². The predicted octanol–water partition coefficient (Wildman–Crippen LogP) is 3.21. The second-order valence-electron chi connectivity index (χ2n) is 6.61. The van der Waals surface area contributed by atoms with Gasteiger partial charge in [0.1, 0.15) is 12.4 Å². The normalized spacial score (nSPS) is 18.3. The van der Waals surface area contributed by atoms with Crippen molar-refractivity contribution < 1.29 is 18.7 Å². The van der Waals surface area contributed by atoms with E-state index in [1.165, 1.54) is 12.1 Å². The molecule has 0 spiro atoms. The Hall–Kier alpha value is -2.57. The van der Waals surface area contributed by atoms with Gasteiger partial charge in [0.05, 0.1) is 18.7 Å². The maximum Gasteiger partial charge on any atom is 0.253 e. The minimum atomic E-state index is -0.299. The highest BCUT2D eigenvalue weighted by molar-refractivity contribution is 5.99. The average Bonchev–Trinajstić information content (AvgIpc) is 2.72. The molecule has 1 fully saturated rings. The molecule has 2 aromatic carbocycles. The zero-order valence-electron chi connectivity index (χ0n) is 15.5. The maximum absolute atomic E-state index is 13.7. The molecule has 0 aromatic heterocycles. The number of carbonyl (C=O) groups excluding carboxylic acids is 1. The third-order valence-corrected chi connectivity index (χ3v) is 4.94. The lowest BCUT2D eigenvalue weighted by molar-refractivity contribution is -0.130. The van der Waals surface area contributed by atoms with E-state index >= 15 is 0 Å². The Balaban J connectivity index is 0.00000225. The molecule has 0 aliphatic carbocycles. The fourth-order valence-electron chi connectivity index (χ4n) is 3.61. The number of nitrogens with one attached hydrogen (secondary N) is 1. The van der Waals surface area contributed by atoms with Gasteiger partial charge in [0.15, 0.2) is 11.5 Å². The van der Waals surface area contributed by atoms with Crippen molar-refractivity contribution in [1.29, 1.82) is 0 Å². The fourth-order valence-corrected chi connectivity index (χ4v) is 3.61. The highest BCUT2D eigenvalue weighted by Gasteiger charge is 2.31. The summed E-state index contributed by atoms with van der Waals surface area (Å²) < 4.78 is 24.8.